The van der Waals surface area contributed by atoms with E-state index < -0.39 is 0 Å². The fourth-order valence-corrected chi connectivity index (χ4v) is 4.85. The number of hydrogen-bond donors (Lipinski definition) is 3. The number of aromatic amines is 1. The Morgan fingerprint density at radius 1 is 1.22 bits per heavy atom. The maximum Gasteiger partial charge on any atom is 0.173 e. The van der Waals surface area contributed by atoms with Gasteiger partial charge in [-0.1, -0.05) is 35.5 Å². The largest absolute Gasteiger partial charge is 0.409 e. The summed E-state index contributed by atoms with van der Waals surface area (Å²) < 4.78 is 2.34. The SMILES string of the molecule is N#CC[C@H]1CC[C@H](n2c(CNC(=NO)c3ccccc3)nc3cnc4[nH]ccc4c32)CC1. The molecular formula is C24H25N7O. The van der Waals surface area contributed by atoms with Crippen molar-refractivity contribution < 1.29 is 5.21 Å². The molecule has 0 unspecified atom stereocenters. The Morgan fingerprint density at radius 3 is 2.78 bits per heavy atom. The van der Waals surface area contributed by atoms with Gasteiger partial charge < -0.3 is 20.1 Å². The molecule has 1 aliphatic rings. The van der Waals surface area contributed by atoms with Crippen molar-refractivity contribution >= 4 is 27.9 Å². The highest BCUT2D eigenvalue weighted by atomic mass is 16.4. The van der Waals surface area contributed by atoms with Gasteiger partial charge in [-0.3, -0.25) is 0 Å². The number of H-pyrrole nitrogens is 1. The summed E-state index contributed by atoms with van der Waals surface area (Å²) in [5.41, 5.74) is 3.59. The van der Waals surface area contributed by atoms with Crippen molar-refractivity contribution in [2.75, 3.05) is 0 Å². The topological polar surface area (TPSA) is 115 Å². The van der Waals surface area contributed by atoms with Crippen LogP contribution < -0.4 is 5.32 Å². The molecule has 0 amide bonds. The fourth-order valence-electron chi connectivity index (χ4n) is 4.85. The van der Waals surface area contributed by atoms with Gasteiger partial charge in [0.2, 0.25) is 0 Å². The molecule has 8 nitrogen and oxygen atoms in total. The van der Waals surface area contributed by atoms with Crippen LogP contribution in [-0.2, 0) is 6.54 Å². The van der Waals surface area contributed by atoms with Crippen molar-refractivity contribution in [3.05, 3.63) is 60.2 Å². The Morgan fingerprint density at radius 2 is 2.03 bits per heavy atom. The van der Waals surface area contributed by atoms with Crippen molar-refractivity contribution in [1.29, 1.82) is 5.26 Å². The van der Waals surface area contributed by atoms with Gasteiger partial charge in [0, 0.05) is 29.6 Å². The number of imidazole rings is 1. The van der Waals surface area contributed by atoms with Gasteiger partial charge in [0.15, 0.2) is 5.84 Å². The van der Waals surface area contributed by atoms with Crippen LogP contribution >= 0.6 is 0 Å². The van der Waals surface area contributed by atoms with E-state index in [-0.39, 0.29) is 0 Å². The molecule has 0 radical (unpaired) electrons. The van der Waals surface area contributed by atoms with Gasteiger partial charge in [0.05, 0.1) is 24.3 Å². The summed E-state index contributed by atoms with van der Waals surface area (Å²) in [4.78, 5) is 12.6. The number of oxime groups is 1. The lowest BCUT2D eigenvalue weighted by Gasteiger charge is -2.30. The van der Waals surface area contributed by atoms with Gasteiger partial charge in [-0.25, -0.2) is 9.97 Å². The Kier molecular flexibility index (Phi) is 5.46. The van der Waals surface area contributed by atoms with E-state index in [1.54, 1.807) is 0 Å². The van der Waals surface area contributed by atoms with Crippen molar-refractivity contribution in [2.45, 2.75) is 44.7 Å². The fraction of sp³-hybridized carbons (Fsp3) is 0.333. The maximum atomic E-state index is 9.57. The zero-order valence-electron chi connectivity index (χ0n) is 17.7. The van der Waals surface area contributed by atoms with E-state index in [1.165, 1.54) is 0 Å². The van der Waals surface area contributed by atoms with Gasteiger partial charge in [-0.15, -0.1) is 0 Å². The molecule has 5 rings (SSSR count). The van der Waals surface area contributed by atoms with Crippen LogP contribution in [0.15, 0.2) is 53.9 Å². The molecule has 4 aromatic rings. The van der Waals surface area contributed by atoms with Crippen molar-refractivity contribution in [1.82, 2.24) is 24.8 Å². The molecule has 162 valence electrons. The van der Waals surface area contributed by atoms with Crippen LogP contribution in [0.5, 0.6) is 0 Å². The summed E-state index contributed by atoms with van der Waals surface area (Å²) in [6, 6.07) is 14.2. The summed E-state index contributed by atoms with van der Waals surface area (Å²) >= 11 is 0. The minimum atomic E-state index is 0.304. The first-order valence-corrected chi connectivity index (χ1v) is 11.0. The van der Waals surface area contributed by atoms with Crippen LogP contribution in [-0.4, -0.2) is 30.6 Å². The van der Waals surface area contributed by atoms with E-state index in [2.05, 4.69) is 31.1 Å². The number of hydrogen-bond acceptors (Lipinski definition) is 5. The van der Waals surface area contributed by atoms with E-state index in [9.17, 15) is 5.21 Å². The normalized spacial score (nSPS) is 19.3. The van der Waals surface area contributed by atoms with Crippen molar-refractivity contribution in [2.24, 2.45) is 11.1 Å². The van der Waals surface area contributed by atoms with Crippen molar-refractivity contribution in [3.63, 3.8) is 0 Å². The molecule has 1 fully saturated rings. The van der Waals surface area contributed by atoms with E-state index in [4.69, 9.17) is 10.2 Å². The molecular weight excluding hydrogens is 402 g/mol. The number of nitrogens with one attached hydrogen (secondary N) is 2. The number of amidine groups is 1. The Labute approximate surface area is 185 Å². The zero-order valence-corrected chi connectivity index (χ0v) is 17.7. The van der Waals surface area contributed by atoms with Gasteiger partial charge in [-0.2, -0.15) is 5.26 Å². The summed E-state index contributed by atoms with van der Waals surface area (Å²) in [7, 11) is 0. The van der Waals surface area contributed by atoms with Crippen LogP contribution in [0.25, 0.3) is 22.1 Å². The monoisotopic (exact) mass is 427 g/mol. The average Bonchev–Trinajstić information content (AvgIpc) is 3.45. The smallest absolute Gasteiger partial charge is 0.173 e. The molecule has 0 saturated heterocycles. The molecule has 0 spiro atoms. The second kappa shape index (κ2) is 8.71. The Bertz CT molecular complexity index is 1290. The molecule has 0 bridgehead atoms. The van der Waals surface area contributed by atoms with E-state index in [0.717, 1.165) is 59.1 Å². The molecule has 8 heteroatoms. The summed E-state index contributed by atoms with van der Waals surface area (Å²) in [6.45, 7) is 0.424. The van der Waals surface area contributed by atoms with Crippen LogP contribution in [0.3, 0.4) is 0 Å². The molecule has 3 aromatic heterocycles. The highest BCUT2D eigenvalue weighted by Crippen LogP contribution is 2.37. The van der Waals surface area contributed by atoms with Crippen molar-refractivity contribution in [3.8, 4) is 6.07 Å². The number of aromatic nitrogens is 4. The van der Waals surface area contributed by atoms with Crippen LogP contribution in [0.1, 0.15) is 49.5 Å². The van der Waals surface area contributed by atoms with Gasteiger partial charge in [0.1, 0.15) is 17.0 Å². The molecule has 3 heterocycles. The third-order valence-electron chi connectivity index (χ3n) is 6.43. The molecule has 32 heavy (non-hydrogen) atoms. The zero-order chi connectivity index (χ0) is 21.9. The molecule has 1 aromatic carbocycles. The second-order valence-electron chi connectivity index (χ2n) is 8.34. The lowest BCUT2D eigenvalue weighted by molar-refractivity contribution is 0.277. The summed E-state index contributed by atoms with van der Waals surface area (Å²) in [5.74, 6) is 1.77. The predicted molar refractivity (Wildman–Crippen MR) is 122 cm³/mol. The number of nitrogens with zero attached hydrogens (tertiary/aromatic N) is 5. The Hall–Kier alpha value is -3.86. The highest BCUT2D eigenvalue weighted by molar-refractivity contribution is 6.01. The first-order chi connectivity index (χ1) is 15.8. The second-order valence-corrected chi connectivity index (χ2v) is 8.34. The minimum absolute atomic E-state index is 0.304. The van der Waals surface area contributed by atoms with Gasteiger partial charge >= 0.3 is 0 Å². The van der Waals surface area contributed by atoms with Crippen LogP contribution in [0.2, 0.25) is 0 Å². The standard InChI is InChI=1S/C24H25N7O/c25-12-10-16-6-8-18(9-7-16)31-21(15-28-23(30-32)17-4-2-1-3-5-17)29-20-14-27-24-19(22(20)31)11-13-26-24/h1-5,11,13-14,16,18,32H,6-10,15H2,(H,26,27)(H,28,30)/t16-,18-. The summed E-state index contributed by atoms with van der Waals surface area (Å²) in [5, 5.41) is 26.4. The van der Waals surface area contributed by atoms with E-state index in [1.807, 2.05) is 48.8 Å². The molecule has 1 saturated carbocycles. The summed E-state index contributed by atoms with van der Waals surface area (Å²) in [6.07, 6.45) is 8.46. The first kappa shape index (κ1) is 20.1. The first-order valence-electron chi connectivity index (χ1n) is 11.0. The van der Waals surface area contributed by atoms with Crippen LogP contribution in [0, 0.1) is 17.2 Å². The highest BCUT2D eigenvalue weighted by Gasteiger charge is 2.27. The molecule has 0 atom stereocenters. The molecule has 0 aliphatic heterocycles. The number of rotatable bonds is 5. The van der Waals surface area contributed by atoms with Gasteiger partial charge in [-0.05, 0) is 37.7 Å². The maximum absolute atomic E-state index is 9.57. The lowest BCUT2D eigenvalue weighted by Crippen LogP contribution is -2.27. The number of nitriles is 1. The minimum Gasteiger partial charge on any atom is -0.409 e. The number of benzene rings is 1. The van der Waals surface area contributed by atoms with E-state index in [0.29, 0.717) is 30.8 Å². The third-order valence-corrected chi connectivity index (χ3v) is 6.43. The predicted octanol–water partition coefficient (Wildman–Crippen LogP) is 4.48. The molecule has 1 aliphatic carbocycles. The van der Waals surface area contributed by atoms with Gasteiger partial charge in [0.25, 0.3) is 0 Å². The van der Waals surface area contributed by atoms with E-state index >= 15 is 0 Å². The Balaban J connectivity index is 1.51. The number of fused-ring (bicyclic) bond motifs is 3. The lowest BCUT2D eigenvalue weighted by atomic mass is 9.84. The van der Waals surface area contributed by atoms with Crippen LogP contribution in [0.4, 0.5) is 0 Å². The average molecular weight is 428 g/mol. The third kappa shape index (κ3) is 3.66. The quantitative estimate of drug-likeness (QED) is 0.188. The number of pyridine rings is 1. The molecule has 3 N–H and O–H groups in total.